The normalized spacial score (nSPS) is 34.3. The van der Waals surface area contributed by atoms with Gasteiger partial charge in [0.05, 0.1) is 29.2 Å². The van der Waals surface area contributed by atoms with Gasteiger partial charge in [-0.2, -0.15) is 0 Å². The van der Waals surface area contributed by atoms with Gasteiger partial charge in [0.2, 0.25) is 17.7 Å². The number of aliphatic hydroxyl groups excluding tert-OH is 1. The van der Waals surface area contributed by atoms with Crippen LogP contribution in [0.15, 0.2) is 24.3 Å². The van der Waals surface area contributed by atoms with Crippen molar-refractivity contribution in [3.8, 4) is 0 Å². The average Bonchev–Trinajstić information content (AvgIpc) is 3.13. The second-order valence-electron chi connectivity index (χ2n) is 9.73. The molecule has 4 aliphatic rings. The van der Waals surface area contributed by atoms with Crippen molar-refractivity contribution in [1.82, 2.24) is 14.7 Å². The van der Waals surface area contributed by atoms with Crippen LogP contribution in [0.4, 0.5) is 0 Å². The molecule has 0 bridgehead atoms. The van der Waals surface area contributed by atoms with Gasteiger partial charge in [-0.15, -0.1) is 11.8 Å². The van der Waals surface area contributed by atoms with Crippen LogP contribution in [0.3, 0.4) is 0 Å². The Morgan fingerprint density at radius 1 is 1.03 bits per heavy atom. The average molecular weight is 476 g/mol. The first-order valence-electron chi connectivity index (χ1n) is 12.4. The highest BCUT2D eigenvalue weighted by atomic mass is 32.2. The van der Waals surface area contributed by atoms with Crippen LogP contribution in [0, 0.1) is 11.8 Å². The van der Waals surface area contributed by atoms with E-state index in [0.29, 0.717) is 26.2 Å². The molecule has 0 aromatic rings. The first-order valence-corrected chi connectivity index (χ1v) is 13.3. The number of amides is 3. The summed E-state index contributed by atoms with van der Waals surface area (Å²) in [5, 5.41) is 9.84. The number of carbonyl (C=O) groups is 3. The molecule has 1 N–H and O–H groups in total. The lowest BCUT2D eigenvalue weighted by atomic mass is 9.78. The highest BCUT2D eigenvalue weighted by molar-refractivity contribution is 8.02. The van der Waals surface area contributed by atoms with Crippen LogP contribution in [0.2, 0.25) is 0 Å². The van der Waals surface area contributed by atoms with Gasteiger partial charge in [0.25, 0.3) is 0 Å². The molecule has 0 aromatic heterocycles. The number of thioether (sulfide) groups is 1. The molecule has 6 atom stereocenters. The number of nitrogens with zero attached hydrogens (tertiary/aromatic N) is 3. The van der Waals surface area contributed by atoms with Crippen molar-refractivity contribution in [2.45, 2.75) is 68.5 Å². The molecular formula is C25H37N3O4S. The van der Waals surface area contributed by atoms with Crippen LogP contribution in [-0.2, 0) is 14.4 Å². The van der Waals surface area contributed by atoms with Crippen molar-refractivity contribution in [3.05, 3.63) is 24.3 Å². The van der Waals surface area contributed by atoms with E-state index in [-0.39, 0.29) is 29.6 Å². The van der Waals surface area contributed by atoms with Gasteiger partial charge in [-0.05, 0) is 19.8 Å². The van der Waals surface area contributed by atoms with Gasteiger partial charge in [0.1, 0.15) is 6.04 Å². The predicted octanol–water partition coefficient (Wildman–Crippen LogP) is 2.06. The maximum Gasteiger partial charge on any atom is 0.247 e. The van der Waals surface area contributed by atoms with E-state index in [2.05, 4.69) is 13.0 Å². The van der Waals surface area contributed by atoms with E-state index in [1.165, 1.54) is 0 Å². The first kappa shape index (κ1) is 24.3. The zero-order chi connectivity index (χ0) is 23.8. The van der Waals surface area contributed by atoms with Gasteiger partial charge >= 0.3 is 0 Å². The lowest BCUT2D eigenvalue weighted by Gasteiger charge is -2.37. The SMILES string of the molecule is CCCCCN1CC=C[C@]23S[C@H]4C=CCN(CCC)C(=O)[C@H]4[C@H]2C(=O)N([C@H](C)CO)C3C1=O. The number of rotatable bonds is 8. The second-order valence-corrected chi connectivity index (χ2v) is 11.2. The van der Waals surface area contributed by atoms with Crippen LogP contribution >= 0.6 is 11.8 Å². The molecular weight excluding hydrogens is 438 g/mol. The molecule has 2 fully saturated rings. The highest BCUT2D eigenvalue weighted by Gasteiger charge is 2.71. The standard InChI is InChI=1S/C25H37N3O4S/c1-4-6-7-13-27-15-9-11-25-20(23(31)28(17(3)16-29)21(25)24(27)32)19-18(33-25)10-8-14-26(12-5-2)22(19)30/h8-11,17-21,29H,4-7,12-16H2,1-3H3/t17-,18+,19-,20+,21?,25+/m1/s1. The Hall–Kier alpha value is -1.80. The van der Waals surface area contributed by atoms with E-state index in [9.17, 15) is 19.5 Å². The molecule has 4 rings (SSSR count). The fourth-order valence-electron chi connectivity index (χ4n) is 5.96. The zero-order valence-corrected chi connectivity index (χ0v) is 20.8. The summed E-state index contributed by atoms with van der Waals surface area (Å²) in [6, 6.07) is -1.18. The summed E-state index contributed by atoms with van der Waals surface area (Å²) in [5.41, 5.74) is 0. The first-order chi connectivity index (χ1) is 15.9. The number of unbranched alkanes of at least 4 members (excludes halogenated alkanes) is 2. The van der Waals surface area contributed by atoms with Crippen molar-refractivity contribution in [1.29, 1.82) is 0 Å². The predicted molar refractivity (Wildman–Crippen MR) is 130 cm³/mol. The highest BCUT2D eigenvalue weighted by Crippen LogP contribution is 2.61. The summed E-state index contributed by atoms with van der Waals surface area (Å²) in [5.74, 6) is -1.31. The van der Waals surface area contributed by atoms with Gasteiger partial charge in [0.15, 0.2) is 0 Å². The van der Waals surface area contributed by atoms with Gasteiger partial charge in [0, 0.05) is 31.4 Å². The van der Waals surface area contributed by atoms with Crippen molar-refractivity contribution in [2.24, 2.45) is 11.8 Å². The molecule has 33 heavy (non-hydrogen) atoms. The minimum absolute atomic E-state index is 0.0109. The van der Waals surface area contributed by atoms with E-state index in [0.717, 1.165) is 25.7 Å². The molecule has 1 spiro atoms. The number of fused-ring (bicyclic) bond motifs is 2. The van der Waals surface area contributed by atoms with Crippen LogP contribution in [0.1, 0.15) is 46.5 Å². The molecule has 1 unspecified atom stereocenters. The Morgan fingerprint density at radius 2 is 1.76 bits per heavy atom. The molecule has 4 heterocycles. The third-order valence-corrected chi connectivity index (χ3v) is 9.27. The molecule has 0 radical (unpaired) electrons. The lowest BCUT2D eigenvalue weighted by Crippen LogP contribution is -2.56. The Kier molecular flexibility index (Phi) is 7.24. The molecule has 0 saturated carbocycles. The quantitative estimate of drug-likeness (QED) is 0.429. The molecule has 2 saturated heterocycles. The van der Waals surface area contributed by atoms with Crippen molar-refractivity contribution < 1.29 is 19.5 Å². The van der Waals surface area contributed by atoms with E-state index in [4.69, 9.17) is 0 Å². The van der Waals surface area contributed by atoms with Crippen molar-refractivity contribution in [2.75, 3.05) is 32.8 Å². The molecule has 0 aliphatic carbocycles. The fraction of sp³-hybridized carbons (Fsp3) is 0.720. The van der Waals surface area contributed by atoms with Crippen molar-refractivity contribution >= 4 is 29.5 Å². The topological polar surface area (TPSA) is 81.2 Å². The summed E-state index contributed by atoms with van der Waals surface area (Å²) in [4.78, 5) is 46.9. The van der Waals surface area contributed by atoms with Crippen LogP contribution < -0.4 is 0 Å². The molecule has 182 valence electrons. The molecule has 3 amide bonds. The Balaban J connectivity index is 1.76. The Morgan fingerprint density at radius 3 is 2.45 bits per heavy atom. The molecule has 7 nitrogen and oxygen atoms in total. The van der Waals surface area contributed by atoms with E-state index in [1.54, 1.807) is 23.6 Å². The summed E-state index contributed by atoms with van der Waals surface area (Å²) in [7, 11) is 0. The summed E-state index contributed by atoms with van der Waals surface area (Å²) < 4.78 is -0.790. The monoisotopic (exact) mass is 475 g/mol. The van der Waals surface area contributed by atoms with Crippen LogP contribution in [-0.4, -0.2) is 92.4 Å². The lowest BCUT2D eigenvalue weighted by molar-refractivity contribution is -0.146. The van der Waals surface area contributed by atoms with Gasteiger partial charge in [-0.1, -0.05) is 51.0 Å². The maximum atomic E-state index is 14.0. The van der Waals surface area contributed by atoms with E-state index in [1.807, 2.05) is 35.0 Å². The van der Waals surface area contributed by atoms with Crippen molar-refractivity contribution in [3.63, 3.8) is 0 Å². The third kappa shape index (κ3) is 3.93. The van der Waals surface area contributed by atoms with E-state index >= 15 is 0 Å². The van der Waals surface area contributed by atoms with Gasteiger partial charge < -0.3 is 19.8 Å². The Labute approximate surface area is 201 Å². The van der Waals surface area contributed by atoms with E-state index < -0.39 is 28.7 Å². The number of hydrogen-bond acceptors (Lipinski definition) is 5. The minimum Gasteiger partial charge on any atom is -0.394 e. The fourth-order valence-corrected chi connectivity index (χ4v) is 7.96. The molecule has 0 aromatic carbocycles. The maximum absolute atomic E-state index is 14.0. The third-order valence-electron chi connectivity index (χ3n) is 7.53. The number of aliphatic hydroxyl groups is 1. The molecule has 8 heteroatoms. The largest absolute Gasteiger partial charge is 0.394 e. The Bertz CT molecular complexity index is 846. The second kappa shape index (κ2) is 9.82. The zero-order valence-electron chi connectivity index (χ0n) is 20.0. The number of likely N-dealkylation sites (tertiary alicyclic amines) is 1. The summed E-state index contributed by atoms with van der Waals surface area (Å²) in [6.07, 6.45) is 12.1. The summed E-state index contributed by atoms with van der Waals surface area (Å²) >= 11 is 1.60. The molecule has 4 aliphatic heterocycles. The van der Waals surface area contributed by atoms with Crippen LogP contribution in [0.25, 0.3) is 0 Å². The number of carbonyl (C=O) groups excluding carboxylic acids is 3. The smallest absolute Gasteiger partial charge is 0.247 e. The summed E-state index contributed by atoms with van der Waals surface area (Å²) in [6.45, 7) is 8.15. The van der Waals surface area contributed by atoms with Gasteiger partial charge in [-0.3, -0.25) is 14.4 Å². The minimum atomic E-state index is -0.790. The van der Waals surface area contributed by atoms with Crippen LogP contribution in [0.5, 0.6) is 0 Å². The van der Waals surface area contributed by atoms with Gasteiger partial charge in [-0.25, -0.2) is 0 Å². The number of hydrogen-bond donors (Lipinski definition) is 1.